The van der Waals surface area contributed by atoms with Crippen molar-refractivity contribution >= 4 is 29.2 Å². The number of rotatable bonds is 4. The molecule has 3 aliphatic rings. The minimum atomic E-state index is -0.598. The van der Waals surface area contributed by atoms with Crippen LogP contribution in [-0.4, -0.2) is 44.4 Å². The third-order valence-corrected chi connectivity index (χ3v) is 5.95. The molecule has 0 aromatic heterocycles. The molecule has 0 unspecified atom stereocenters. The van der Waals surface area contributed by atoms with E-state index in [-0.39, 0.29) is 23.9 Å². The summed E-state index contributed by atoms with van der Waals surface area (Å²) in [6.07, 6.45) is -0.436. The SMILES string of the molecule is O=C(Nc1ccccc1N1CCOC1=O)N[C@H]1[C@@H]2CN(c3ccc(F)cc3F)C[C@@H]21. The number of benzene rings is 2. The van der Waals surface area contributed by atoms with Crippen LogP contribution in [0.2, 0.25) is 0 Å². The number of carbonyl (C=O) groups excluding carboxylic acids is 2. The smallest absolute Gasteiger partial charge is 0.414 e. The number of cyclic esters (lactones) is 1. The molecular formula is C21H20F2N4O3. The monoisotopic (exact) mass is 414 g/mol. The van der Waals surface area contributed by atoms with Crippen LogP contribution in [0, 0.1) is 23.5 Å². The number of hydrogen-bond donors (Lipinski definition) is 2. The van der Waals surface area contributed by atoms with Gasteiger partial charge in [-0.1, -0.05) is 12.1 Å². The molecule has 2 saturated heterocycles. The minimum Gasteiger partial charge on any atom is -0.447 e. The maximum atomic E-state index is 14.0. The van der Waals surface area contributed by atoms with E-state index >= 15 is 0 Å². The summed E-state index contributed by atoms with van der Waals surface area (Å²) in [5.74, 6) is -0.720. The molecule has 2 aromatic rings. The molecule has 9 heteroatoms. The number of piperidine rings is 1. The molecule has 2 aliphatic heterocycles. The number of para-hydroxylation sites is 2. The number of halogens is 2. The van der Waals surface area contributed by atoms with Gasteiger partial charge in [0.25, 0.3) is 0 Å². The van der Waals surface area contributed by atoms with Gasteiger partial charge in [-0.3, -0.25) is 4.90 Å². The second-order valence-electron chi connectivity index (χ2n) is 7.74. The molecule has 3 amide bonds. The average Bonchev–Trinajstić information content (AvgIpc) is 3.06. The van der Waals surface area contributed by atoms with E-state index in [1.807, 2.05) is 4.90 Å². The predicted octanol–water partition coefficient (Wildman–Crippen LogP) is 3.18. The lowest BCUT2D eigenvalue weighted by Crippen LogP contribution is -2.37. The number of fused-ring (bicyclic) bond motifs is 1. The highest BCUT2D eigenvalue weighted by atomic mass is 19.1. The lowest BCUT2D eigenvalue weighted by molar-refractivity contribution is 0.181. The fourth-order valence-corrected chi connectivity index (χ4v) is 4.41. The standard InChI is InChI=1S/C21H20F2N4O3/c22-12-5-6-17(15(23)9-12)26-10-13-14(11-26)19(13)25-20(28)24-16-3-1-2-4-18(16)27-7-8-30-21(27)29/h1-6,9,13-14,19H,7-8,10-11H2,(H2,24,25,28)/t13-,14+,19+. The summed E-state index contributed by atoms with van der Waals surface area (Å²) >= 11 is 0. The number of ether oxygens (including phenoxy) is 1. The van der Waals surface area contributed by atoms with E-state index < -0.39 is 17.7 Å². The molecule has 7 nitrogen and oxygen atoms in total. The largest absolute Gasteiger partial charge is 0.447 e. The van der Waals surface area contributed by atoms with Crippen LogP contribution >= 0.6 is 0 Å². The third kappa shape index (κ3) is 3.30. The van der Waals surface area contributed by atoms with Gasteiger partial charge in [0.1, 0.15) is 18.2 Å². The first-order chi connectivity index (χ1) is 14.5. The van der Waals surface area contributed by atoms with Crippen LogP contribution in [0.3, 0.4) is 0 Å². The van der Waals surface area contributed by atoms with Gasteiger partial charge in [-0.25, -0.2) is 18.4 Å². The molecular weight excluding hydrogens is 394 g/mol. The topological polar surface area (TPSA) is 73.9 Å². The van der Waals surface area contributed by atoms with Crippen molar-refractivity contribution in [3.05, 3.63) is 54.1 Å². The van der Waals surface area contributed by atoms with Gasteiger partial charge in [0, 0.05) is 37.0 Å². The van der Waals surface area contributed by atoms with Crippen LogP contribution < -0.4 is 20.4 Å². The first-order valence-electron chi connectivity index (χ1n) is 9.82. The van der Waals surface area contributed by atoms with Crippen molar-refractivity contribution in [3.63, 3.8) is 0 Å². The van der Waals surface area contributed by atoms with E-state index in [9.17, 15) is 18.4 Å². The molecule has 1 aliphatic carbocycles. The summed E-state index contributed by atoms with van der Waals surface area (Å²) in [7, 11) is 0. The van der Waals surface area contributed by atoms with Crippen LogP contribution in [-0.2, 0) is 4.74 Å². The van der Waals surface area contributed by atoms with Crippen LogP contribution in [0.1, 0.15) is 0 Å². The maximum Gasteiger partial charge on any atom is 0.414 e. The Bertz CT molecular complexity index is 1010. The van der Waals surface area contributed by atoms with E-state index in [4.69, 9.17) is 4.74 Å². The first-order valence-corrected chi connectivity index (χ1v) is 9.82. The van der Waals surface area contributed by atoms with E-state index in [2.05, 4.69) is 10.6 Å². The van der Waals surface area contributed by atoms with Gasteiger partial charge in [-0.05, 0) is 24.3 Å². The molecule has 3 fully saturated rings. The Morgan fingerprint density at radius 3 is 2.53 bits per heavy atom. The second kappa shape index (κ2) is 7.16. The molecule has 0 radical (unpaired) electrons. The number of hydrogen-bond acceptors (Lipinski definition) is 4. The number of amides is 3. The van der Waals surface area contributed by atoms with Crippen molar-refractivity contribution < 1.29 is 23.1 Å². The van der Waals surface area contributed by atoms with Gasteiger partial charge in [0.2, 0.25) is 0 Å². The first kappa shape index (κ1) is 18.7. The highest BCUT2D eigenvalue weighted by Crippen LogP contribution is 2.47. The molecule has 1 saturated carbocycles. The fourth-order valence-electron chi connectivity index (χ4n) is 4.41. The Morgan fingerprint density at radius 1 is 1.07 bits per heavy atom. The highest BCUT2D eigenvalue weighted by molar-refractivity contribution is 5.99. The van der Waals surface area contributed by atoms with E-state index in [0.29, 0.717) is 43.3 Å². The van der Waals surface area contributed by atoms with E-state index in [1.54, 1.807) is 24.3 Å². The Hall–Kier alpha value is -3.36. The Balaban J connectivity index is 1.19. The lowest BCUT2D eigenvalue weighted by Gasteiger charge is -2.23. The number of nitrogens with zero attached hydrogens (tertiary/aromatic N) is 2. The van der Waals surface area contributed by atoms with Crippen molar-refractivity contribution in [1.82, 2.24) is 5.32 Å². The van der Waals surface area contributed by atoms with Crippen molar-refractivity contribution in [2.75, 3.05) is 41.4 Å². The van der Waals surface area contributed by atoms with Crippen molar-refractivity contribution in [2.24, 2.45) is 11.8 Å². The molecule has 2 N–H and O–H groups in total. The summed E-state index contributed by atoms with van der Waals surface area (Å²) in [5.41, 5.74) is 1.50. The maximum absolute atomic E-state index is 14.0. The molecule has 0 bridgehead atoms. The van der Waals surface area contributed by atoms with Crippen LogP contribution in [0.25, 0.3) is 0 Å². The summed E-state index contributed by atoms with van der Waals surface area (Å²) in [6.45, 7) is 1.96. The molecule has 2 heterocycles. The van der Waals surface area contributed by atoms with Gasteiger partial charge >= 0.3 is 12.1 Å². The Morgan fingerprint density at radius 2 is 1.83 bits per heavy atom. The van der Waals surface area contributed by atoms with E-state index in [0.717, 1.165) is 6.07 Å². The summed E-state index contributed by atoms with van der Waals surface area (Å²) in [6, 6.07) is 10.3. The highest BCUT2D eigenvalue weighted by Gasteiger charge is 2.56. The Kier molecular flexibility index (Phi) is 4.45. The second-order valence-corrected chi connectivity index (χ2v) is 7.74. The molecule has 2 aromatic carbocycles. The van der Waals surface area contributed by atoms with Crippen LogP contribution in [0.15, 0.2) is 42.5 Å². The van der Waals surface area contributed by atoms with Gasteiger partial charge in [-0.15, -0.1) is 0 Å². The average molecular weight is 414 g/mol. The molecule has 156 valence electrons. The fraction of sp³-hybridized carbons (Fsp3) is 0.333. The third-order valence-electron chi connectivity index (χ3n) is 5.95. The van der Waals surface area contributed by atoms with Gasteiger partial charge in [0.15, 0.2) is 0 Å². The zero-order valence-electron chi connectivity index (χ0n) is 16.0. The number of carbonyl (C=O) groups is 2. The van der Waals surface area contributed by atoms with Crippen molar-refractivity contribution in [2.45, 2.75) is 6.04 Å². The number of anilines is 3. The van der Waals surface area contributed by atoms with Crippen molar-refractivity contribution in [3.8, 4) is 0 Å². The van der Waals surface area contributed by atoms with Crippen molar-refractivity contribution in [1.29, 1.82) is 0 Å². The van der Waals surface area contributed by atoms with Gasteiger partial charge in [0.05, 0.1) is 23.6 Å². The van der Waals surface area contributed by atoms with Gasteiger partial charge < -0.3 is 20.3 Å². The summed E-state index contributed by atoms with van der Waals surface area (Å²) < 4.78 is 32.1. The minimum absolute atomic E-state index is 0.00803. The molecule has 3 atom stereocenters. The van der Waals surface area contributed by atoms with Gasteiger partial charge in [-0.2, -0.15) is 0 Å². The Labute approximate surface area is 171 Å². The quantitative estimate of drug-likeness (QED) is 0.806. The molecule has 30 heavy (non-hydrogen) atoms. The summed E-state index contributed by atoms with van der Waals surface area (Å²) in [4.78, 5) is 27.7. The molecule has 5 rings (SSSR count). The summed E-state index contributed by atoms with van der Waals surface area (Å²) in [5, 5.41) is 5.78. The van der Waals surface area contributed by atoms with Crippen LogP contribution in [0.4, 0.5) is 35.4 Å². The predicted molar refractivity (Wildman–Crippen MR) is 107 cm³/mol. The lowest BCUT2D eigenvalue weighted by atomic mass is 10.2. The van der Waals surface area contributed by atoms with E-state index in [1.165, 1.54) is 17.0 Å². The normalized spacial score (nSPS) is 24.5. The zero-order chi connectivity index (χ0) is 20.8. The van der Waals surface area contributed by atoms with Crippen LogP contribution in [0.5, 0.6) is 0 Å². The number of urea groups is 1. The molecule has 0 spiro atoms. The zero-order valence-corrected chi connectivity index (χ0v) is 16.0. The number of nitrogens with one attached hydrogen (secondary N) is 2.